The van der Waals surface area contributed by atoms with Crippen molar-refractivity contribution >= 4 is 23.2 Å². The van der Waals surface area contributed by atoms with E-state index in [4.69, 9.17) is 0 Å². The third-order valence-corrected chi connectivity index (χ3v) is 2.60. The number of nitrogens with one attached hydrogen (secondary N) is 2. The fourth-order valence-corrected chi connectivity index (χ4v) is 1.59. The zero-order valence-corrected chi connectivity index (χ0v) is 11.7. The third-order valence-electron chi connectivity index (χ3n) is 2.60. The summed E-state index contributed by atoms with van der Waals surface area (Å²) in [6, 6.07) is 2.72. The standard InChI is InChI=1S/C12H14N4O6/c1-8(17)13-3-2-4-14-12(18)9-5-10(15(19)20)7-11(6-9)16(21)22/h5-7H,2-4H2,1H3,(H,13,17)(H,14,18). The Balaban J connectivity index is 2.73. The predicted octanol–water partition coefficient (Wildman–Crippen LogP) is 0.759. The molecule has 0 aliphatic rings. The quantitative estimate of drug-likeness (QED) is 0.432. The van der Waals surface area contributed by atoms with Crippen molar-refractivity contribution in [1.82, 2.24) is 10.6 Å². The Bertz CT molecular complexity index is 583. The van der Waals surface area contributed by atoms with E-state index < -0.39 is 27.1 Å². The van der Waals surface area contributed by atoms with E-state index in [1.165, 1.54) is 6.92 Å². The smallest absolute Gasteiger partial charge is 0.277 e. The van der Waals surface area contributed by atoms with Gasteiger partial charge in [-0.2, -0.15) is 0 Å². The Morgan fingerprint density at radius 3 is 1.95 bits per heavy atom. The van der Waals surface area contributed by atoms with E-state index >= 15 is 0 Å². The molecule has 0 fully saturated rings. The largest absolute Gasteiger partial charge is 0.356 e. The van der Waals surface area contributed by atoms with Gasteiger partial charge in [-0.3, -0.25) is 29.8 Å². The van der Waals surface area contributed by atoms with Gasteiger partial charge < -0.3 is 10.6 Å². The topological polar surface area (TPSA) is 144 Å². The predicted molar refractivity (Wildman–Crippen MR) is 75.4 cm³/mol. The van der Waals surface area contributed by atoms with Crippen molar-refractivity contribution in [2.45, 2.75) is 13.3 Å². The Morgan fingerprint density at radius 2 is 1.50 bits per heavy atom. The maximum absolute atomic E-state index is 11.8. The summed E-state index contributed by atoms with van der Waals surface area (Å²) in [5.74, 6) is -0.852. The van der Waals surface area contributed by atoms with Gasteiger partial charge in [0.1, 0.15) is 0 Å². The molecule has 118 valence electrons. The SMILES string of the molecule is CC(=O)NCCCNC(=O)c1cc([N+](=O)[O-])cc([N+](=O)[O-])c1. The third kappa shape index (κ3) is 5.15. The summed E-state index contributed by atoms with van der Waals surface area (Å²) >= 11 is 0. The van der Waals surface area contributed by atoms with E-state index in [9.17, 15) is 29.8 Å². The number of amides is 2. The number of nitro groups is 2. The molecule has 2 amide bonds. The van der Waals surface area contributed by atoms with Crippen LogP contribution in [0.4, 0.5) is 11.4 Å². The van der Waals surface area contributed by atoms with Crippen LogP contribution in [-0.2, 0) is 4.79 Å². The fraction of sp³-hybridized carbons (Fsp3) is 0.333. The number of carbonyl (C=O) groups is 2. The van der Waals surface area contributed by atoms with Crippen molar-refractivity contribution < 1.29 is 19.4 Å². The van der Waals surface area contributed by atoms with E-state index in [0.717, 1.165) is 18.2 Å². The summed E-state index contributed by atoms with van der Waals surface area (Å²) in [4.78, 5) is 42.3. The zero-order chi connectivity index (χ0) is 16.7. The number of hydrogen-bond acceptors (Lipinski definition) is 6. The number of nitro benzene ring substituents is 2. The van der Waals surface area contributed by atoms with Crippen LogP contribution in [0.3, 0.4) is 0 Å². The van der Waals surface area contributed by atoms with Gasteiger partial charge in [0.05, 0.1) is 21.5 Å². The van der Waals surface area contributed by atoms with Crippen molar-refractivity contribution in [3.05, 3.63) is 44.0 Å². The Hall–Kier alpha value is -3.04. The van der Waals surface area contributed by atoms with Crippen molar-refractivity contribution in [2.75, 3.05) is 13.1 Å². The normalized spacial score (nSPS) is 9.86. The Labute approximate surface area is 124 Å². The minimum atomic E-state index is -0.805. The van der Waals surface area contributed by atoms with Crippen LogP contribution in [0.5, 0.6) is 0 Å². The molecule has 22 heavy (non-hydrogen) atoms. The number of benzene rings is 1. The van der Waals surface area contributed by atoms with E-state index in [2.05, 4.69) is 10.6 Å². The molecule has 10 nitrogen and oxygen atoms in total. The lowest BCUT2D eigenvalue weighted by atomic mass is 10.1. The van der Waals surface area contributed by atoms with Crippen LogP contribution >= 0.6 is 0 Å². The van der Waals surface area contributed by atoms with Gasteiger partial charge in [-0.25, -0.2) is 0 Å². The summed E-state index contributed by atoms with van der Waals surface area (Å²) < 4.78 is 0. The van der Waals surface area contributed by atoms with Crippen LogP contribution in [0.25, 0.3) is 0 Å². The molecule has 1 aromatic carbocycles. The molecule has 0 spiro atoms. The van der Waals surface area contributed by atoms with Gasteiger partial charge in [-0.15, -0.1) is 0 Å². The van der Waals surface area contributed by atoms with Gasteiger partial charge in [-0.1, -0.05) is 0 Å². The molecule has 2 N–H and O–H groups in total. The summed E-state index contributed by atoms with van der Waals surface area (Å²) in [5, 5.41) is 26.5. The van der Waals surface area contributed by atoms with Gasteiger partial charge in [0.15, 0.2) is 0 Å². The van der Waals surface area contributed by atoms with Gasteiger partial charge in [0.25, 0.3) is 17.3 Å². The summed E-state index contributed by atoms with van der Waals surface area (Å²) in [6.45, 7) is 1.95. The van der Waals surface area contributed by atoms with Crippen LogP contribution in [0.2, 0.25) is 0 Å². The Morgan fingerprint density at radius 1 is 1.00 bits per heavy atom. The van der Waals surface area contributed by atoms with Crippen LogP contribution in [0.15, 0.2) is 18.2 Å². The number of rotatable bonds is 7. The van der Waals surface area contributed by atoms with E-state index in [0.29, 0.717) is 13.0 Å². The highest BCUT2D eigenvalue weighted by Crippen LogP contribution is 2.22. The van der Waals surface area contributed by atoms with Crippen molar-refractivity contribution in [2.24, 2.45) is 0 Å². The molecule has 0 bridgehead atoms. The molecule has 0 heterocycles. The fourth-order valence-electron chi connectivity index (χ4n) is 1.59. The highest BCUT2D eigenvalue weighted by Gasteiger charge is 2.19. The van der Waals surface area contributed by atoms with Gasteiger partial charge >= 0.3 is 0 Å². The van der Waals surface area contributed by atoms with Crippen LogP contribution < -0.4 is 10.6 Å². The summed E-state index contributed by atoms with van der Waals surface area (Å²) in [6.07, 6.45) is 0.461. The molecule has 0 aliphatic carbocycles. The van der Waals surface area contributed by atoms with Gasteiger partial charge in [-0.05, 0) is 6.42 Å². The van der Waals surface area contributed by atoms with Crippen molar-refractivity contribution in [3.63, 3.8) is 0 Å². The molecule has 1 aromatic rings. The van der Waals surface area contributed by atoms with Crippen molar-refractivity contribution in [1.29, 1.82) is 0 Å². The first-order chi connectivity index (χ1) is 10.3. The first-order valence-corrected chi connectivity index (χ1v) is 6.27. The lowest BCUT2D eigenvalue weighted by Crippen LogP contribution is -2.28. The summed E-state index contributed by atoms with van der Waals surface area (Å²) in [7, 11) is 0. The monoisotopic (exact) mass is 310 g/mol. The number of non-ortho nitro benzene ring substituents is 2. The lowest BCUT2D eigenvalue weighted by Gasteiger charge is -2.06. The molecule has 0 saturated carbocycles. The van der Waals surface area contributed by atoms with Gasteiger partial charge in [0, 0.05) is 32.1 Å². The molecular weight excluding hydrogens is 296 g/mol. The molecule has 0 radical (unpaired) electrons. The van der Waals surface area contributed by atoms with Gasteiger partial charge in [0.2, 0.25) is 5.91 Å². The average Bonchev–Trinajstić information content (AvgIpc) is 2.45. The molecule has 0 unspecified atom stereocenters. The minimum Gasteiger partial charge on any atom is -0.356 e. The molecule has 1 rings (SSSR count). The minimum absolute atomic E-state index is 0.166. The van der Waals surface area contributed by atoms with Crippen molar-refractivity contribution in [3.8, 4) is 0 Å². The maximum Gasteiger partial charge on any atom is 0.277 e. The second-order valence-electron chi connectivity index (χ2n) is 4.34. The molecular formula is C12H14N4O6. The molecule has 0 aliphatic heterocycles. The molecule has 0 aromatic heterocycles. The number of hydrogen-bond donors (Lipinski definition) is 2. The second-order valence-corrected chi connectivity index (χ2v) is 4.34. The van der Waals surface area contributed by atoms with E-state index in [1.807, 2.05) is 0 Å². The highest BCUT2D eigenvalue weighted by molar-refractivity contribution is 5.95. The maximum atomic E-state index is 11.8. The Kier molecular flexibility index (Phi) is 5.93. The van der Waals surface area contributed by atoms with Crippen LogP contribution in [0.1, 0.15) is 23.7 Å². The van der Waals surface area contributed by atoms with Crippen LogP contribution in [-0.4, -0.2) is 34.8 Å². The molecule has 0 saturated heterocycles. The first-order valence-electron chi connectivity index (χ1n) is 6.27. The summed E-state index contributed by atoms with van der Waals surface area (Å²) in [5.41, 5.74) is -1.23. The van der Waals surface area contributed by atoms with E-state index in [1.54, 1.807) is 0 Å². The zero-order valence-electron chi connectivity index (χ0n) is 11.7. The van der Waals surface area contributed by atoms with E-state index in [-0.39, 0.29) is 18.0 Å². The number of nitrogens with zero attached hydrogens (tertiary/aromatic N) is 2. The first kappa shape index (κ1) is 17.0. The average molecular weight is 310 g/mol. The molecule has 0 atom stereocenters. The molecule has 10 heteroatoms. The number of carbonyl (C=O) groups excluding carboxylic acids is 2. The van der Waals surface area contributed by atoms with Crippen LogP contribution in [0, 0.1) is 20.2 Å². The highest BCUT2D eigenvalue weighted by atomic mass is 16.6. The lowest BCUT2D eigenvalue weighted by molar-refractivity contribution is -0.394. The second kappa shape index (κ2) is 7.67.